The third kappa shape index (κ3) is 3.69. The van der Waals surface area contributed by atoms with Gasteiger partial charge in [-0.2, -0.15) is 0 Å². The lowest BCUT2D eigenvalue weighted by Crippen LogP contribution is -2.50. The molecule has 0 aromatic heterocycles. The first-order valence-corrected chi connectivity index (χ1v) is 7.57. The molecule has 0 amide bonds. The Bertz CT molecular complexity index is 237. The van der Waals surface area contributed by atoms with Gasteiger partial charge in [-0.3, -0.25) is 4.90 Å². The summed E-state index contributed by atoms with van der Waals surface area (Å²) >= 11 is 0. The van der Waals surface area contributed by atoms with E-state index in [-0.39, 0.29) is 0 Å². The van der Waals surface area contributed by atoms with Gasteiger partial charge in [-0.05, 0) is 57.9 Å². The van der Waals surface area contributed by atoms with Crippen LogP contribution in [0.1, 0.15) is 53.4 Å². The van der Waals surface area contributed by atoms with E-state index in [9.17, 15) is 0 Å². The van der Waals surface area contributed by atoms with Gasteiger partial charge in [0.1, 0.15) is 0 Å². The standard InChI is InChI=1S/C15H30N2/c1-11-9-12(2)14(4)17(10-11)13(3)7-8-16-15-5-6-15/h11-16H,5-10H2,1-4H3. The maximum absolute atomic E-state index is 3.64. The maximum Gasteiger partial charge on any atom is 0.00956 e. The van der Waals surface area contributed by atoms with E-state index in [1.807, 2.05) is 0 Å². The summed E-state index contributed by atoms with van der Waals surface area (Å²) in [6.07, 6.45) is 5.52. The average molecular weight is 238 g/mol. The third-order valence-electron chi connectivity index (χ3n) is 4.78. The van der Waals surface area contributed by atoms with Crippen LogP contribution in [0, 0.1) is 11.8 Å². The lowest BCUT2D eigenvalue weighted by atomic mass is 9.85. The minimum Gasteiger partial charge on any atom is -0.314 e. The van der Waals surface area contributed by atoms with Crippen molar-refractivity contribution in [2.24, 2.45) is 11.8 Å². The van der Waals surface area contributed by atoms with Crippen LogP contribution in [0.5, 0.6) is 0 Å². The van der Waals surface area contributed by atoms with E-state index >= 15 is 0 Å². The molecular formula is C15H30N2. The van der Waals surface area contributed by atoms with Crippen LogP contribution in [0.3, 0.4) is 0 Å². The highest BCUT2D eigenvalue weighted by Gasteiger charge is 2.31. The monoisotopic (exact) mass is 238 g/mol. The number of rotatable bonds is 5. The molecular weight excluding hydrogens is 208 g/mol. The Morgan fingerprint density at radius 1 is 1.24 bits per heavy atom. The van der Waals surface area contributed by atoms with Crippen molar-refractivity contribution in [3.63, 3.8) is 0 Å². The van der Waals surface area contributed by atoms with Crippen LogP contribution in [0.25, 0.3) is 0 Å². The van der Waals surface area contributed by atoms with Crippen LogP contribution in [-0.2, 0) is 0 Å². The van der Waals surface area contributed by atoms with Crippen LogP contribution < -0.4 is 5.32 Å². The number of nitrogens with zero attached hydrogens (tertiary/aromatic N) is 1. The summed E-state index contributed by atoms with van der Waals surface area (Å²) in [6.45, 7) is 12.2. The second-order valence-electron chi connectivity index (χ2n) is 6.62. The van der Waals surface area contributed by atoms with E-state index < -0.39 is 0 Å². The average Bonchev–Trinajstić information content (AvgIpc) is 3.07. The first-order valence-electron chi connectivity index (χ1n) is 7.57. The van der Waals surface area contributed by atoms with Crippen LogP contribution >= 0.6 is 0 Å². The van der Waals surface area contributed by atoms with E-state index in [1.165, 1.54) is 38.8 Å². The number of nitrogens with one attached hydrogen (secondary N) is 1. The highest BCUT2D eigenvalue weighted by atomic mass is 15.2. The number of piperidine rings is 1. The zero-order valence-corrected chi connectivity index (χ0v) is 12.1. The smallest absolute Gasteiger partial charge is 0.00956 e. The maximum atomic E-state index is 3.64. The Morgan fingerprint density at radius 2 is 1.94 bits per heavy atom. The van der Waals surface area contributed by atoms with Crippen molar-refractivity contribution in [1.82, 2.24) is 10.2 Å². The van der Waals surface area contributed by atoms with Crippen molar-refractivity contribution in [3.8, 4) is 0 Å². The molecule has 0 spiro atoms. The first kappa shape index (κ1) is 13.4. The van der Waals surface area contributed by atoms with E-state index in [1.54, 1.807) is 0 Å². The minimum absolute atomic E-state index is 0.737. The molecule has 4 unspecified atom stereocenters. The van der Waals surface area contributed by atoms with Crippen molar-refractivity contribution in [2.75, 3.05) is 13.1 Å². The van der Waals surface area contributed by atoms with E-state index in [0.717, 1.165) is 30.0 Å². The fourth-order valence-corrected chi connectivity index (χ4v) is 3.29. The summed E-state index contributed by atoms with van der Waals surface area (Å²) in [5.74, 6) is 1.73. The van der Waals surface area contributed by atoms with Gasteiger partial charge in [0.15, 0.2) is 0 Å². The summed E-state index contributed by atoms with van der Waals surface area (Å²) in [7, 11) is 0. The van der Waals surface area contributed by atoms with Gasteiger partial charge < -0.3 is 5.32 Å². The van der Waals surface area contributed by atoms with Gasteiger partial charge in [0.05, 0.1) is 0 Å². The van der Waals surface area contributed by atoms with Gasteiger partial charge in [0, 0.05) is 24.7 Å². The number of hydrogen-bond donors (Lipinski definition) is 1. The third-order valence-corrected chi connectivity index (χ3v) is 4.78. The number of hydrogen-bond acceptors (Lipinski definition) is 2. The van der Waals surface area contributed by atoms with E-state index in [4.69, 9.17) is 0 Å². The molecule has 4 atom stereocenters. The molecule has 2 aliphatic rings. The van der Waals surface area contributed by atoms with Crippen LogP contribution in [0.15, 0.2) is 0 Å². The predicted octanol–water partition coefficient (Wildman–Crippen LogP) is 2.88. The molecule has 2 fully saturated rings. The molecule has 0 aromatic rings. The fourth-order valence-electron chi connectivity index (χ4n) is 3.29. The molecule has 17 heavy (non-hydrogen) atoms. The molecule has 2 rings (SSSR count). The van der Waals surface area contributed by atoms with Crippen LogP contribution in [0.4, 0.5) is 0 Å². The van der Waals surface area contributed by atoms with Gasteiger partial charge in [-0.25, -0.2) is 0 Å². The molecule has 1 aliphatic carbocycles. The fraction of sp³-hybridized carbons (Fsp3) is 1.00. The lowest BCUT2D eigenvalue weighted by Gasteiger charge is -2.44. The molecule has 1 aliphatic heterocycles. The predicted molar refractivity (Wildman–Crippen MR) is 74.2 cm³/mol. The van der Waals surface area contributed by atoms with Crippen LogP contribution in [0.2, 0.25) is 0 Å². The first-order chi connectivity index (χ1) is 8.08. The van der Waals surface area contributed by atoms with Crippen molar-refractivity contribution in [3.05, 3.63) is 0 Å². The van der Waals surface area contributed by atoms with Crippen LogP contribution in [-0.4, -0.2) is 36.1 Å². The van der Waals surface area contributed by atoms with Crippen molar-refractivity contribution in [1.29, 1.82) is 0 Å². The Morgan fingerprint density at radius 3 is 2.59 bits per heavy atom. The summed E-state index contributed by atoms with van der Waals surface area (Å²) in [5, 5.41) is 3.64. The topological polar surface area (TPSA) is 15.3 Å². The van der Waals surface area contributed by atoms with Crippen molar-refractivity contribution in [2.45, 2.75) is 71.5 Å². The SMILES string of the molecule is CC1CC(C)C(C)N(C(C)CCNC2CC2)C1. The molecule has 1 saturated heterocycles. The van der Waals surface area contributed by atoms with Gasteiger partial charge in [0.25, 0.3) is 0 Å². The molecule has 1 saturated carbocycles. The zero-order chi connectivity index (χ0) is 12.4. The summed E-state index contributed by atoms with van der Waals surface area (Å²) in [6, 6.07) is 2.36. The normalized spacial score (nSPS) is 37.1. The number of likely N-dealkylation sites (tertiary alicyclic amines) is 1. The van der Waals surface area contributed by atoms with E-state index in [2.05, 4.69) is 37.9 Å². The quantitative estimate of drug-likeness (QED) is 0.792. The van der Waals surface area contributed by atoms with Gasteiger partial charge in [0.2, 0.25) is 0 Å². The van der Waals surface area contributed by atoms with Gasteiger partial charge in [-0.15, -0.1) is 0 Å². The summed E-state index contributed by atoms with van der Waals surface area (Å²) in [5.41, 5.74) is 0. The van der Waals surface area contributed by atoms with Crippen molar-refractivity contribution >= 4 is 0 Å². The Hall–Kier alpha value is -0.0800. The molecule has 100 valence electrons. The summed E-state index contributed by atoms with van der Waals surface area (Å²) < 4.78 is 0. The highest BCUT2D eigenvalue weighted by molar-refractivity contribution is 4.86. The zero-order valence-electron chi connectivity index (χ0n) is 12.1. The molecule has 2 nitrogen and oxygen atoms in total. The van der Waals surface area contributed by atoms with Crippen molar-refractivity contribution < 1.29 is 0 Å². The second kappa shape index (κ2) is 5.71. The molecule has 1 heterocycles. The van der Waals surface area contributed by atoms with Gasteiger partial charge >= 0.3 is 0 Å². The Labute approximate surface area is 107 Å². The second-order valence-corrected chi connectivity index (χ2v) is 6.62. The summed E-state index contributed by atoms with van der Waals surface area (Å²) in [4.78, 5) is 2.74. The molecule has 1 N–H and O–H groups in total. The molecule has 0 radical (unpaired) electrons. The van der Waals surface area contributed by atoms with E-state index in [0.29, 0.717) is 0 Å². The van der Waals surface area contributed by atoms with Gasteiger partial charge in [-0.1, -0.05) is 13.8 Å². The largest absolute Gasteiger partial charge is 0.314 e. The minimum atomic E-state index is 0.737. The molecule has 0 bridgehead atoms. The molecule has 0 aromatic carbocycles. The Balaban J connectivity index is 1.76. The molecule has 2 heteroatoms. The Kier molecular flexibility index (Phi) is 4.48. The highest BCUT2D eigenvalue weighted by Crippen LogP contribution is 2.29. The lowest BCUT2D eigenvalue weighted by molar-refractivity contribution is 0.0436.